The van der Waals surface area contributed by atoms with E-state index in [1.165, 1.54) is 12.8 Å². The first kappa shape index (κ1) is 11.0. The van der Waals surface area contributed by atoms with Crippen molar-refractivity contribution < 1.29 is 4.79 Å². The Balaban J connectivity index is 2.10. The minimum atomic E-state index is -0.0880. The number of carbonyl (C=O) groups excluding carboxylic acids is 1. The van der Waals surface area contributed by atoms with Crippen LogP contribution in [0.5, 0.6) is 0 Å². The minimum absolute atomic E-state index is 0.0880. The highest BCUT2D eigenvalue weighted by molar-refractivity contribution is 5.99. The lowest BCUT2D eigenvalue weighted by molar-refractivity contribution is 0.0938. The predicted octanol–water partition coefficient (Wildman–Crippen LogP) is 1.23. The van der Waals surface area contributed by atoms with Crippen LogP contribution in [0.2, 0.25) is 0 Å². The van der Waals surface area contributed by atoms with Gasteiger partial charge >= 0.3 is 0 Å². The van der Waals surface area contributed by atoms with Gasteiger partial charge in [-0.15, -0.1) is 0 Å². The van der Waals surface area contributed by atoms with Gasteiger partial charge in [0.1, 0.15) is 5.56 Å². The molecule has 1 aromatic rings. The topological polar surface area (TPSA) is 83.8 Å². The van der Waals surface area contributed by atoms with E-state index in [1.807, 2.05) is 6.92 Å². The van der Waals surface area contributed by atoms with E-state index in [-0.39, 0.29) is 5.91 Å². The SMILES string of the molecule is CCc1[nH]nc(N)c1C(=O)NC1CCCC1. The third-order valence-corrected chi connectivity index (χ3v) is 3.14. The molecule has 0 unspecified atom stereocenters. The lowest BCUT2D eigenvalue weighted by Gasteiger charge is -2.11. The molecule has 2 rings (SSSR count). The monoisotopic (exact) mass is 222 g/mol. The molecule has 5 nitrogen and oxygen atoms in total. The molecule has 1 aliphatic rings. The lowest BCUT2D eigenvalue weighted by atomic mass is 10.1. The molecule has 16 heavy (non-hydrogen) atoms. The number of amides is 1. The Labute approximate surface area is 94.8 Å². The highest BCUT2D eigenvalue weighted by Crippen LogP contribution is 2.20. The molecular formula is C11H18N4O. The summed E-state index contributed by atoms with van der Waals surface area (Å²) < 4.78 is 0. The van der Waals surface area contributed by atoms with E-state index < -0.39 is 0 Å². The molecule has 0 saturated heterocycles. The molecule has 5 heteroatoms. The predicted molar refractivity (Wildman–Crippen MR) is 62.1 cm³/mol. The summed E-state index contributed by atoms with van der Waals surface area (Å²) in [7, 11) is 0. The summed E-state index contributed by atoms with van der Waals surface area (Å²) >= 11 is 0. The van der Waals surface area contributed by atoms with Gasteiger partial charge in [-0.3, -0.25) is 9.89 Å². The van der Waals surface area contributed by atoms with Crippen LogP contribution in [-0.4, -0.2) is 22.1 Å². The van der Waals surface area contributed by atoms with Crippen LogP contribution in [0.1, 0.15) is 48.7 Å². The molecule has 1 heterocycles. The van der Waals surface area contributed by atoms with Crippen molar-refractivity contribution in [3.05, 3.63) is 11.3 Å². The molecule has 88 valence electrons. The summed E-state index contributed by atoms with van der Waals surface area (Å²) in [5, 5.41) is 9.69. The van der Waals surface area contributed by atoms with Gasteiger partial charge in [-0.25, -0.2) is 0 Å². The maximum atomic E-state index is 12.0. The highest BCUT2D eigenvalue weighted by Gasteiger charge is 2.22. The van der Waals surface area contributed by atoms with Gasteiger partial charge < -0.3 is 11.1 Å². The van der Waals surface area contributed by atoms with Crippen molar-refractivity contribution in [1.82, 2.24) is 15.5 Å². The van der Waals surface area contributed by atoms with E-state index in [2.05, 4.69) is 15.5 Å². The van der Waals surface area contributed by atoms with Gasteiger partial charge in [-0.05, 0) is 19.3 Å². The van der Waals surface area contributed by atoms with Gasteiger partial charge in [-0.1, -0.05) is 19.8 Å². The smallest absolute Gasteiger partial charge is 0.257 e. The van der Waals surface area contributed by atoms with E-state index in [0.29, 0.717) is 17.4 Å². The summed E-state index contributed by atoms with van der Waals surface area (Å²) in [5.41, 5.74) is 7.02. The number of aromatic amines is 1. The number of aromatic nitrogens is 2. The zero-order valence-corrected chi connectivity index (χ0v) is 9.55. The van der Waals surface area contributed by atoms with Gasteiger partial charge in [0.2, 0.25) is 0 Å². The maximum absolute atomic E-state index is 12.0. The Morgan fingerprint density at radius 2 is 2.25 bits per heavy atom. The van der Waals surface area contributed by atoms with Crippen LogP contribution >= 0.6 is 0 Å². The molecule has 0 aliphatic heterocycles. The first-order chi connectivity index (χ1) is 7.72. The summed E-state index contributed by atoms with van der Waals surface area (Å²) in [6, 6.07) is 0.312. The number of nitrogens with two attached hydrogens (primary N) is 1. The Bertz CT molecular complexity index is 379. The summed E-state index contributed by atoms with van der Waals surface area (Å²) in [6.45, 7) is 1.97. The second kappa shape index (κ2) is 4.55. The molecule has 0 radical (unpaired) electrons. The van der Waals surface area contributed by atoms with Crippen LogP contribution in [0.25, 0.3) is 0 Å². The molecule has 1 fully saturated rings. The molecule has 1 aliphatic carbocycles. The number of nitrogen functional groups attached to an aromatic ring is 1. The summed E-state index contributed by atoms with van der Waals surface area (Å²) in [5.74, 6) is 0.211. The number of hydrogen-bond donors (Lipinski definition) is 3. The van der Waals surface area contributed by atoms with Crippen LogP contribution in [0, 0.1) is 0 Å². The Hall–Kier alpha value is -1.52. The van der Waals surface area contributed by atoms with Gasteiger partial charge in [-0.2, -0.15) is 5.10 Å². The van der Waals surface area contributed by atoms with Crippen LogP contribution in [0.3, 0.4) is 0 Å². The van der Waals surface area contributed by atoms with E-state index in [9.17, 15) is 4.79 Å². The molecule has 1 amide bonds. The van der Waals surface area contributed by atoms with E-state index in [1.54, 1.807) is 0 Å². The minimum Gasteiger partial charge on any atom is -0.382 e. The fourth-order valence-corrected chi connectivity index (χ4v) is 2.23. The molecule has 1 aromatic heterocycles. The molecule has 0 spiro atoms. The second-order valence-electron chi connectivity index (χ2n) is 4.27. The summed E-state index contributed by atoms with van der Waals surface area (Å²) in [4.78, 5) is 12.0. The number of rotatable bonds is 3. The van der Waals surface area contributed by atoms with Crippen LogP contribution in [-0.2, 0) is 6.42 Å². The number of H-pyrrole nitrogens is 1. The molecule has 4 N–H and O–H groups in total. The molecule has 0 atom stereocenters. The van der Waals surface area contributed by atoms with Crippen molar-refractivity contribution in [1.29, 1.82) is 0 Å². The van der Waals surface area contributed by atoms with Crippen LogP contribution < -0.4 is 11.1 Å². The molecule has 0 bridgehead atoms. The number of carbonyl (C=O) groups is 1. The van der Waals surface area contributed by atoms with Crippen LogP contribution in [0.4, 0.5) is 5.82 Å². The number of nitrogens with zero attached hydrogens (tertiary/aromatic N) is 1. The molecular weight excluding hydrogens is 204 g/mol. The van der Waals surface area contributed by atoms with Gasteiger partial charge in [0.15, 0.2) is 5.82 Å². The van der Waals surface area contributed by atoms with Crippen molar-refractivity contribution in [2.75, 3.05) is 5.73 Å². The average Bonchev–Trinajstić information content (AvgIpc) is 2.87. The Morgan fingerprint density at radius 3 is 2.88 bits per heavy atom. The molecule has 1 saturated carbocycles. The normalized spacial score (nSPS) is 16.6. The number of nitrogens with one attached hydrogen (secondary N) is 2. The quantitative estimate of drug-likeness (QED) is 0.719. The maximum Gasteiger partial charge on any atom is 0.257 e. The summed E-state index contributed by atoms with van der Waals surface area (Å²) in [6.07, 6.45) is 5.28. The number of anilines is 1. The van der Waals surface area contributed by atoms with E-state index in [4.69, 9.17) is 5.73 Å². The van der Waals surface area contributed by atoms with Gasteiger partial charge in [0.05, 0.1) is 0 Å². The zero-order chi connectivity index (χ0) is 11.5. The fourth-order valence-electron chi connectivity index (χ4n) is 2.23. The van der Waals surface area contributed by atoms with E-state index in [0.717, 1.165) is 25.0 Å². The highest BCUT2D eigenvalue weighted by atomic mass is 16.1. The van der Waals surface area contributed by atoms with Gasteiger partial charge in [0, 0.05) is 11.7 Å². The van der Waals surface area contributed by atoms with Gasteiger partial charge in [0.25, 0.3) is 5.91 Å². The van der Waals surface area contributed by atoms with Crippen LogP contribution in [0.15, 0.2) is 0 Å². The standard InChI is InChI=1S/C11H18N4O/c1-2-8-9(10(12)15-14-8)11(16)13-7-5-3-4-6-7/h7H,2-6H2,1H3,(H,13,16)(H3,12,14,15). The Morgan fingerprint density at radius 1 is 1.56 bits per heavy atom. The van der Waals surface area contributed by atoms with Crippen molar-refractivity contribution >= 4 is 11.7 Å². The second-order valence-corrected chi connectivity index (χ2v) is 4.27. The largest absolute Gasteiger partial charge is 0.382 e. The third kappa shape index (κ3) is 2.03. The number of hydrogen-bond acceptors (Lipinski definition) is 3. The van der Waals surface area contributed by atoms with E-state index >= 15 is 0 Å². The third-order valence-electron chi connectivity index (χ3n) is 3.14. The zero-order valence-electron chi connectivity index (χ0n) is 9.55. The first-order valence-electron chi connectivity index (χ1n) is 5.86. The van der Waals surface area contributed by atoms with Crippen molar-refractivity contribution in [3.63, 3.8) is 0 Å². The average molecular weight is 222 g/mol. The molecule has 0 aromatic carbocycles. The number of aryl methyl sites for hydroxylation is 1. The van der Waals surface area contributed by atoms with Crippen molar-refractivity contribution in [3.8, 4) is 0 Å². The van der Waals surface area contributed by atoms with Crippen molar-refractivity contribution in [2.24, 2.45) is 0 Å². The first-order valence-corrected chi connectivity index (χ1v) is 5.86. The lowest BCUT2D eigenvalue weighted by Crippen LogP contribution is -2.33. The van der Waals surface area contributed by atoms with Crippen molar-refractivity contribution in [2.45, 2.75) is 45.1 Å². The fraction of sp³-hybridized carbons (Fsp3) is 0.636. The Kier molecular flexibility index (Phi) is 3.12.